The second-order valence-electron chi connectivity index (χ2n) is 4.58. The highest BCUT2D eigenvalue weighted by Gasteiger charge is 2.68. The van der Waals surface area contributed by atoms with E-state index in [0.29, 0.717) is 6.54 Å². The zero-order valence-electron chi connectivity index (χ0n) is 8.86. The minimum Gasteiger partial charge on any atom is -0.354 e. The molecule has 92 valence electrons. The molecule has 2 aliphatic rings. The van der Waals surface area contributed by atoms with Crippen molar-refractivity contribution in [3.8, 4) is 0 Å². The Morgan fingerprint density at radius 2 is 2.12 bits per heavy atom. The second kappa shape index (κ2) is 3.91. The number of nitrogens with one attached hydrogen (secondary N) is 2. The van der Waals surface area contributed by atoms with E-state index in [1.807, 2.05) is 0 Å². The zero-order valence-corrected chi connectivity index (χ0v) is 8.86. The Kier molecular flexibility index (Phi) is 2.86. The molecule has 0 unspecified atom stereocenters. The number of amides is 1. The number of hydrogen-bond acceptors (Lipinski definition) is 2. The Labute approximate surface area is 91.8 Å². The van der Waals surface area contributed by atoms with Crippen molar-refractivity contribution in [3.63, 3.8) is 0 Å². The molecule has 1 aliphatic carbocycles. The van der Waals surface area contributed by atoms with Crippen molar-refractivity contribution in [2.24, 2.45) is 5.41 Å². The van der Waals surface area contributed by atoms with Crippen molar-refractivity contribution in [2.75, 3.05) is 13.1 Å². The third kappa shape index (κ3) is 2.03. The highest BCUT2D eigenvalue weighted by molar-refractivity contribution is 5.86. The monoisotopic (exact) mass is 236 g/mol. The maximum Gasteiger partial charge on any atom is 0.403 e. The summed E-state index contributed by atoms with van der Waals surface area (Å²) in [4.78, 5) is 11.5. The van der Waals surface area contributed by atoms with Gasteiger partial charge in [0.15, 0.2) is 0 Å². The molecule has 6 heteroatoms. The van der Waals surface area contributed by atoms with Gasteiger partial charge in [-0.3, -0.25) is 4.79 Å². The van der Waals surface area contributed by atoms with Crippen molar-refractivity contribution < 1.29 is 18.0 Å². The van der Waals surface area contributed by atoms with Crippen molar-refractivity contribution in [3.05, 3.63) is 0 Å². The maximum atomic E-state index is 12.6. The first-order chi connectivity index (χ1) is 7.46. The highest BCUT2D eigenvalue weighted by Crippen LogP contribution is 2.57. The molecule has 3 nitrogen and oxygen atoms in total. The van der Waals surface area contributed by atoms with Crippen LogP contribution in [-0.4, -0.2) is 31.2 Å². The van der Waals surface area contributed by atoms with Gasteiger partial charge in [0.2, 0.25) is 5.91 Å². The van der Waals surface area contributed by atoms with Gasteiger partial charge in [-0.2, -0.15) is 13.2 Å². The summed E-state index contributed by atoms with van der Waals surface area (Å²) in [5, 5.41) is 5.54. The molecule has 0 aromatic carbocycles. The number of carbonyl (C=O) groups excluding carboxylic acids is 1. The predicted octanol–water partition coefficient (Wildman–Crippen LogP) is 1.20. The summed E-state index contributed by atoms with van der Waals surface area (Å²) in [6.45, 7) is 1.18. The van der Waals surface area contributed by atoms with Crippen LogP contribution in [0.25, 0.3) is 0 Å². The van der Waals surface area contributed by atoms with Crippen LogP contribution in [0.15, 0.2) is 0 Å². The van der Waals surface area contributed by atoms with E-state index in [0.717, 1.165) is 19.4 Å². The molecule has 2 rings (SSSR count). The standard InChI is InChI=1S/C10H15F3N2O/c11-10(12,13)9(3-4-9)8(16)15-6-7-2-1-5-14-7/h7,14H,1-6H2,(H,15,16)/t7-/m0/s1. The molecule has 1 amide bonds. The van der Waals surface area contributed by atoms with Crippen molar-refractivity contribution in [1.82, 2.24) is 10.6 Å². The third-order valence-electron chi connectivity index (χ3n) is 3.40. The van der Waals surface area contributed by atoms with Crippen LogP contribution < -0.4 is 10.6 Å². The van der Waals surface area contributed by atoms with E-state index in [9.17, 15) is 18.0 Å². The summed E-state index contributed by atoms with van der Waals surface area (Å²) in [5.41, 5.74) is -2.08. The van der Waals surface area contributed by atoms with Crippen LogP contribution in [0.2, 0.25) is 0 Å². The topological polar surface area (TPSA) is 41.1 Å². The van der Waals surface area contributed by atoms with Gasteiger partial charge in [0.25, 0.3) is 0 Å². The molecule has 0 bridgehead atoms. The minimum absolute atomic E-state index is 0.0690. The molecule has 1 atom stereocenters. The number of hydrogen-bond donors (Lipinski definition) is 2. The van der Waals surface area contributed by atoms with Gasteiger partial charge in [-0.1, -0.05) is 0 Å². The zero-order chi connectivity index (χ0) is 11.8. The van der Waals surface area contributed by atoms with Crippen LogP contribution in [0.5, 0.6) is 0 Å². The lowest BCUT2D eigenvalue weighted by Crippen LogP contribution is -2.45. The summed E-state index contributed by atoms with van der Waals surface area (Å²) in [6, 6.07) is 0.132. The molecule has 1 heterocycles. The molecule has 0 spiro atoms. The third-order valence-corrected chi connectivity index (χ3v) is 3.40. The van der Waals surface area contributed by atoms with E-state index in [1.54, 1.807) is 0 Å². The first-order valence-electron chi connectivity index (χ1n) is 5.54. The Bertz CT molecular complexity index is 280. The summed E-state index contributed by atoms with van der Waals surface area (Å²) >= 11 is 0. The maximum absolute atomic E-state index is 12.6. The first-order valence-corrected chi connectivity index (χ1v) is 5.54. The van der Waals surface area contributed by atoms with Crippen molar-refractivity contribution in [1.29, 1.82) is 0 Å². The number of carbonyl (C=O) groups is 1. The molecule has 1 saturated carbocycles. The Morgan fingerprint density at radius 1 is 1.44 bits per heavy atom. The lowest BCUT2D eigenvalue weighted by atomic mass is 10.1. The van der Waals surface area contributed by atoms with E-state index >= 15 is 0 Å². The summed E-state index contributed by atoms with van der Waals surface area (Å²) in [6.07, 6.45) is -2.61. The Hall–Kier alpha value is -0.780. The fourth-order valence-corrected chi connectivity index (χ4v) is 2.08. The predicted molar refractivity (Wildman–Crippen MR) is 51.8 cm³/mol. The van der Waals surface area contributed by atoms with Crippen LogP contribution in [0.1, 0.15) is 25.7 Å². The molecule has 16 heavy (non-hydrogen) atoms. The van der Waals surface area contributed by atoms with Crippen LogP contribution in [0.3, 0.4) is 0 Å². The van der Waals surface area contributed by atoms with Gasteiger partial charge in [0.05, 0.1) is 0 Å². The molecule has 1 aliphatic heterocycles. The lowest BCUT2D eigenvalue weighted by molar-refractivity contribution is -0.192. The molecular weight excluding hydrogens is 221 g/mol. The van der Waals surface area contributed by atoms with Gasteiger partial charge in [-0.25, -0.2) is 0 Å². The van der Waals surface area contributed by atoms with E-state index < -0.39 is 17.5 Å². The first kappa shape index (κ1) is 11.7. The smallest absolute Gasteiger partial charge is 0.354 e. The van der Waals surface area contributed by atoms with Crippen molar-refractivity contribution in [2.45, 2.75) is 37.9 Å². The highest BCUT2D eigenvalue weighted by atomic mass is 19.4. The Balaban J connectivity index is 1.84. The average molecular weight is 236 g/mol. The van der Waals surface area contributed by atoms with Gasteiger partial charge < -0.3 is 10.6 Å². The summed E-state index contributed by atoms with van der Waals surface area (Å²) in [5.74, 6) is -0.853. The fourth-order valence-electron chi connectivity index (χ4n) is 2.08. The normalized spacial score (nSPS) is 27.8. The number of rotatable bonds is 3. The van der Waals surface area contributed by atoms with Gasteiger partial charge >= 0.3 is 6.18 Å². The SMILES string of the molecule is O=C(NC[C@@H]1CCCN1)C1(C(F)(F)F)CC1. The summed E-state index contributed by atoms with van der Waals surface area (Å²) in [7, 11) is 0. The van der Waals surface area contributed by atoms with Crippen LogP contribution in [-0.2, 0) is 4.79 Å². The molecule has 0 radical (unpaired) electrons. The van der Waals surface area contributed by atoms with E-state index in [4.69, 9.17) is 0 Å². The van der Waals surface area contributed by atoms with E-state index in [2.05, 4.69) is 10.6 Å². The Morgan fingerprint density at radius 3 is 2.56 bits per heavy atom. The van der Waals surface area contributed by atoms with Crippen LogP contribution in [0, 0.1) is 5.41 Å². The van der Waals surface area contributed by atoms with Gasteiger partial charge in [0, 0.05) is 12.6 Å². The minimum atomic E-state index is -4.40. The quantitative estimate of drug-likeness (QED) is 0.773. The molecule has 2 N–H and O–H groups in total. The lowest BCUT2D eigenvalue weighted by Gasteiger charge is -2.20. The second-order valence-corrected chi connectivity index (χ2v) is 4.58. The van der Waals surface area contributed by atoms with Gasteiger partial charge in [0.1, 0.15) is 5.41 Å². The fraction of sp³-hybridized carbons (Fsp3) is 0.900. The molecule has 0 aromatic heterocycles. The number of halogens is 3. The van der Waals surface area contributed by atoms with Gasteiger partial charge in [-0.15, -0.1) is 0 Å². The summed E-state index contributed by atoms with van der Waals surface area (Å²) < 4.78 is 37.7. The van der Waals surface area contributed by atoms with Crippen LogP contribution in [0.4, 0.5) is 13.2 Å². The van der Waals surface area contributed by atoms with E-state index in [1.165, 1.54) is 0 Å². The largest absolute Gasteiger partial charge is 0.403 e. The van der Waals surface area contributed by atoms with Crippen molar-refractivity contribution >= 4 is 5.91 Å². The van der Waals surface area contributed by atoms with Crippen LogP contribution >= 0.6 is 0 Å². The molecule has 1 saturated heterocycles. The number of alkyl halides is 3. The van der Waals surface area contributed by atoms with Gasteiger partial charge in [-0.05, 0) is 32.2 Å². The van der Waals surface area contributed by atoms with E-state index in [-0.39, 0.29) is 18.9 Å². The molecule has 0 aromatic rings. The molecular formula is C10H15F3N2O. The average Bonchev–Trinajstić information content (AvgIpc) is 2.87. The molecule has 2 fully saturated rings.